The Bertz CT molecular complexity index is 801. The van der Waals surface area contributed by atoms with Gasteiger partial charge in [0.25, 0.3) is 11.8 Å². The van der Waals surface area contributed by atoms with Gasteiger partial charge < -0.3 is 15.0 Å². The van der Waals surface area contributed by atoms with Crippen molar-refractivity contribution in [3.63, 3.8) is 0 Å². The average molecular weight is 388 g/mol. The predicted octanol–water partition coefficient (Wildman–Crippen LogP) is 3.01. The third-order valence-electron chi connectivity index (χ3n) is 4.81. The van der Waals surface area contributed by atoms with Crippen molar-refractivity contribution < 1.29 is 23.1 Å². The number of carbonyl (C=O) groups is 2. The van der Waals surface area contributed by atoms with Crippen molar-refractivity contribution in [2.45, 2.75) is 12.8 Å². The van der Waals surface area contributed by atoms with Gasteiger partial charge in [0.15, 0.2) is 6.61 Å². The summed E-state index contributed by atoms with van der Waals surface area (Å²) >= 11 is 0. The third kappa shape index (κ3) is 5.06. The minimum absolute atomic E-state index is 0.0159. The molecule has 2 aromatic rings. The van der Waals surface area contributed by atoms with E-state index in [4.69, 9.17) is 4.74 Å². The third-order valence-corrected chi connectivity index (χ3v) is 4.81. The highest BCUT2D eigenvalue weighted by Gasteiger charge is 2.24. The molecule has 28 heavy (non-hydrogen) atoms. The van der Waals surface area contributed by atoms with Crippen LogP contribution in [-0.4, -0.2) is 43.0 Å². The van der Waals surface area contributed by atoms with Gasteiger partial charge in [-0.2, -0.15) is 0 Å². The van der Waals surface area contributed by atoms with E-state index in [1.54, 1.807) is 17.0 Å². The summed E-state index contributed by atoms with van der Waals surface area (Å²) < 4.78 is 32.8. The molecule has 5 nitrogen and oxygen atoms in total. The first kappa shape index (κ1) is 19.8. The first-order chi connectivity index (χ1) is 13.5. The lowest BCUT2D eigenvalue weighted by Gasteiger charge is -2.32. The molecule has 0 unspecified atom stereocenters. The van der Waals surface area contributed by atoms with E-state index in [9.17, 15) is 18.4 Å². The average Bonchev–Trinajstić information content (AvgIpc) is 2.71. The molecule has 2 amide bonds. The summed E-state index contributed by atoms with van der Waals surface area (Å²) in [6, 6.07) is 12.5. The van der Waals surface area contributed by atoms with Gasteiger partial charge in [0.05, 0.1) is 0 Å². The fourth-order valence-corrected chi connectivity index (χ4v) is 3.18. The lowest BCUT2D eigenvalue weighted by atomic mass is 9.96. The van der Waals surface area contributed by atoms with Crippen molar-refractivity contribution in [1.29, 1.82) is 0 Å². The monoisotopic (exact) mass is 388 g/mol. The highest BCUT2D eigenvalue weighted by atomic mass is 19.1. The molecule has 7 heteroatoms. The Hall–Kier alpha value is -2.96. The number of rotatable bonds is 6. The first-order valence-corrected chi connectivity index (χ1v) is 9.22. The maximum Gasteiger partial charge on any atom is 0.260 e. The first-order valence-electron chi connectivity index (χ1n) is 9.22. The number of para-hydroxylation sites is 1. The number of piperidine rings is 1. The molecule has 0 atom stereocenters. The smallest absolute Gasteiger partial charge is 0.260 e. The van der Waals surface area contributed by atoms with E-state index < -0.39 is 23.1 Å². The van der Waals surface area contributed by atoms with Gasteiger partial charge in [-0.05, 0) is 43.0 Å². The molecule has 0 aliphatic carbocycles. The molecule has 3 rings (SSSR count). The topological polar surface area (TPSA) is 58.6 Å². The molecule has 0 saturated carbocycles. The van der Waals surface area contributed by atoms with Crippen LogP contribution >= 0.6 is 0 Å². The zero-order valence-corrected chi connectivity index (χ0v) is 15.4. The van der Waals surface area contributed by atoms with E-state index in [0.29, 0.717) is 38.2 Å². The molecule has 1 aliphatic rings. The van der Waals surface area contributed by atoms with Crippen LogP contribution in [0.3, 0.4) is 0 Å². The van der Waals surface area contributed by atoms with Crippen LogP contribution < -0.4 is 10.1 Å². The molecule has 1 heterocycles. The highest BCUT2D eigenvalue weighted by Crippen LogP contribution is 2.18. The van der Waals surface area contributed by atoms with Gasteiger partial charge in [-0.15, -0.1) is 0 Å². The van der Waals surface area contributed by atoms with Crippen molar-refractivity contribution in [2.24, 2.45) is 5.92 Å². The number of hydrogen-bond acceptors (Lipinski definition) is 3. The Morgan fingerprint density at radius 1 is 1.00 bits per heavy atom. The summed E-state index contributed by atoms with van der Waals surface area (Å²) in [5, 5.41) is 2.59. The van der Waals surface area contributed by atoms with Crippen LogP contribution in [-0.2, 0) is 4.79 Å². The molecule has 148 valence electrons. The molecule has 1 aliphatic heterocycles. The number of hydrogen-bond donors (Lipinski definition) is 1. The van der Waals surface area contributed by atoms with Gasteiger partial charge in [0, 0.05) is 19.6 Å². The number of nitrogens with zero attached hydrogens (tertiary/aromatic N) is 1. The normalized spacial score (nSPS) is 14.6. The zero-order valence-electron chi connectivity index (χ0n) is 15.4. The minimum Gasteiger partial charge on any atom is -0.484 e. The maximum absolute atomic E-state index is 13.6. The van der Waals surface area contributed by atoms with Gasteiger partial charge in [0.1, 0.15) is 22.9 Å². The molecular weight excluding hydrogens is 366 g/mol. The van der Waals surface area contributed by atoms with E-state index in [2.05, 4.69) is 5.32 Å². The van der Waals surface area contributed by atoms with Gasteiger partial charge in [-0.1, -0.05) is 24.3 Å². The number of carbonyl (C=O) groups excluding carboxylic acids is 2. The summed E-state index contributed by atoms with van der Waals surface area (Å²) in [4.78, 5) is 26.0. The van der Waals surface area contributed by atoms with Crippen molar-refractivity contribution in [3.8, 4) is 5.75 Å². The molecule has 1 saturated heterocycles. The number of halogens is 2. The van der Waals surface area contributed by atoms with E-state index in [1.807, 2.05) is 18.2 Å². The fraction of sp³-hybridized carbons (Fsp3) is 0.333. The van der Waals surface area contributed by atoms with E-state index in [0.717, 1.165) is 12.1 Å². The lowest BCUT2D eigenvalue weighted by Crippen LogP contribution is -2.43. The molecule has 1 fully saturated rings. The van der Waals surface area contributed by atoms with Crippen molar-refractivity contribution in [1.82, 2.24) is 10.2 Å². The summed E-state index contributed by atoms with van der Waals surface area (Å²) in [6.45, 7) is 1.42. The van der Waals surface area contributed by atoms with Crippen LogP contribution in [0.25, 0.3) is 0 Å². The summed E-state index contributed by atoms with van der Waals surface area (Å²) in [6.07, 6.45) is 1.41. The number of nitrogens with one attached hydrogen (secondary N) is 1. The molecule has 2 aromatic carbocycles. The molecule has 0 radical (unpaired) electrons. The predicted molar refractivity (Wildman–Crippen MR) is 99.9 cm³/mol. The largest absolute Gasteiger partial charge is 0.484 e. The number of ether oxygens (including phenoxy) is 1. The second kappa shape index (κ2) is 9.30. The summed E-state index contributed by atoms with van der Waals surface area (Å²) in [7, 11) is 0. The Balaban J connectivity index is 1.41. The fourth-order valence-electron chi connectivity index (χ4n) is 3.18. The van der Waals surface area contributed by atoms with Crippen molar-refractivity contribution >= 4 is 11.8 Å². The summed E-state index contributed by atoms with van der Waals surface area (Å²) in [5.41, 5.74) is -0.562. The Labute approximate surface area is 162 Å². The Morgan fingerprint density at radius 3 is 2.29 bits per heavy atom. The van der Waals surface area contributed by atoms with Gasteiger partial charge in [0.2, 0.25) is 0 Å². The van der Waals surface area contributed by atoms with E-state index in [1.165, 1.54) is 6.07 Å². The molecule has 0 spiro atoms. The van der Waals surface area contributed by atoms with Crippen LogP contribution in [0.2, 0.25) is 0 Å². The van der Waals surface area contributed by atoms with Crippen LogP contribution in [0.5, 0.6) is 5.75 Å². The standard InChI is InChI=1S/C21H22F2N2O3/c22-17-7-4-8-18(23)20(17)21(27)24-13-15-9-11-25(12-10-15)19(26)14-28-16-5-2-1-3-6-16/h1-8,15H,9-14H2,(H,24,27). The van der Waals surface area contributed by atoms with Crippen LogP contribution in [0.1, 0.15) is 23.2 Å². The molecule has 1 N–H and O–H groups in total. The second-order valence-corrected chi connectivity index (χ2v) is 6.73. The zero-order chi connectivity index (χ0) is 19.9. The summed E-state index contributed by atoms with van der Waals surface area (Å²) in [5.74, 6) is -1.80. The molecule has 0 bridgehead atoms. The minimum atomic E-state index is -0.878. The van der Waals surface area contributed by atoms with E-state index >= 15 is 0 Å². The van der Waals surface area contributed by atoms with Gasteiger partial charge in [-0.3, -0.25) is 9.59 Å². The highest BCUT2D eigenvalue weighted by molar-refractivity contribution is 5.94. The Kier molecular flexibility index (Phi) is 6.57. The van der Waals surface area contributed by atoms with Crippen LogP contribution in [0.4, 0.5) is 8.78 Å². The van der Waals surface area contributed by atoms with Crippen LogP contribution in [0, 0.1) is 17.6 Å². The number of benzene rings is 2. The van der Waals surface area contributed by atoms with Crippen molar-refractivity contribution in [2.75, 3.05) is 26.2 Å². The second-order valence-electron chi connectivity index (χ2n) is 6.73. The maximum atomic E-state index is 13.6. The van der Waals surface area contributed by atoms with Gasteiger partial charge >= 0.3 is 0 Å². The Morgan fingerprint density at radius 2 is 1.64 bits per heavy atom. The number of amides is 2. The molecular formula is C21H22F2N2O3. The van der Waals surface area contributed by atoms with Crippen molar-refractivity contribution in [3.05, 3.63) is 65.7 Å². The van der Waals surface area contributed by atoms with E-state index in [-0.39, 0.29) is 18.4 Å². The van der Waals surface area contributed by atoms with Crippen LogP contribution in [0.15, 0.2) is 48.5 Å². The van der Waals surface area contributed by atoms with Gasteiger partial charge in [-0.25, -0.2) is 8.78 Å². The lowest BCUT2D eigenvalue weighted by molar-refractivity contribution is -0.134. The molecule has 0 aromatic heterocycles. The SMILES string of the molecule is O=C(NCC1CCN(C(=O)COc2ccccc2)CC1)c1c(F)cccc1F. The number of likely N-dealkylation sites (tertiary alicyclic amines) is 1. The quantitative estimate of drug-likeness (QED) is 0.828.